The van der Waals surface area contributed by atoms with Crippen LogP contribution in [0.4, 0.5) is 19.0 Å². The number of aromatic nitrogens is 4. The quantitative estimate of drug-likeness (QED) is 0.519. The molecule has 0 aliphatic heterocycles. The third kappa shape index (κ3) is 3.94. The molecule has 0 aliphatic carbocycles. The van der Waals surface area contributed by atoms with Crippen molar-refractivity contribution in [2.75, 3.05) is 11.9 Å². The van der Waals surface area contributed by atoms with Crippen molar-refractivity contribution >= 4 is 27.4 Å². The van der Waals surface area contributed by atoms with Gasteiger partial charge in [-0.1, -0.05) is 30.3 Å². The molecule has 0 atom stereocenters. The first-order valence-electron chi connectivity index (χ1n) is 8.43. The van der Waals surface area contributed by atoms with Crippen LogP contribution in [0.2, 0.25) is 0 Å². The first kappa shape index (κ1) is 18.3. The molecule has 28 heavy (non-hydrogen) atoms. The fourth-order valence-electron chi connectivity index (χ4n) is 2.69. The summed E-state index contributed by atoms with van der Waals surface area (Å²) < 4.78 is 39.5. The van der Waals surface area contributed by atoms with E-state index in [9.17, 15) is 13.2 Å². The molecular weight excluding hydrogens is 387 g/mol. The second-order valence-corrected chi connectivity index (χ2v) is 7.01. The standard InChI is InChI=1S/C19H14F3N5S/c20-19(21,22)15-10-13-16(25-7-6-12-4-2-1-3-5-12)26-17(27-18(13)28-15)14-11-23-8-9-24-14/h1-5,8-11H,6-7H2,(H,25,26,27). The second kappa shape index (κ2) is 7.51. The van der Waals surface area contributed by atoms with Crippen LogP contribution in [0.5, 0.6) is 0 Å². The number of thiophene rings is 1. The van der Waals surface area contributed by atoms with Gasteiger partial charge in [0.1, 0.15) is 21.2 Å². The summed E-state index contributed by atoms with van der Waals surface area (Å²) in [5.74, 6) is 0.590. The van der Waals surface area contributed by atoms with E-state index in [1.54, 1.807) is 0 Å². The molecule has 5 nitrogen and oxygen atoms in total. The van der Waals surface area contributed by atoms with E-state index in [0.29, 0.717) is 41.2 Å². The molecule has 0 unspecified atom stereocenters. The van der Waals surface area contributed by atoms with Gasteiger partial charge in [-0.25, -0.2) is 15.0 Å². The predicted octanol–water partition coefficient (Wildman–Crippen LogP) is 4.82. The van der Waals surface area contributed by atoms with Crippen molar-refractivity contribution in [3.05, 3.63) is 65.4 Å². The van der Waals surface area contributed by atoms with Crippen molar-refractivity contribution in [3.63, 3.8) is 0 Å². The van der Waals surface area contributed by atoms with Crippen molar-refractivity contribution in [2.45, 2.75) is 12.6 Å². The number of anilines is 1. The highest BCUT2D eigenvalue weighted by atomic mass is 32.1. The number of nitrogens with zero attached hydrogens (tertiary/aromatic N) is 4. The average molecular weight is 401 g/mol. The third-order valence-corrected chi connectivity index (χ3v) is 5.09. The van der Waals surface area contributed by atoms with Crippen LogP contribution in [0, 0.1) is 0 Å². The molecule has 3 heterocycles. The van der Waals surface area contributed by atoms with Crippen LogP contribution < -0.4 is 5.32 Å². The number of hydrogen-bond donors (Lipinski definition) is 1. The van der Waals surface area contributed by atoms with Crippen molar-refractivity contribution in [3.8, 4) is 11.5 Å². The van der Waals surface area contributed by atoms with Gasteiger partial charge in [-0.15, -0.1) is 11.3 Å². The Labute approximate surface area is 162 Å². The molecule has 1 N–H and O–H groups in total. The van der Waals surface area contributed by atoms with Crippen LogP contribution in [0.15, 0.2) is 55.0 Å². The zero-order valence-corrected chi connectivity index (χ0v) is 15.3. The Kier molecular flexibility index (Phi) is 4.91. The van der Waals surface area contributed by atoms with E-state index in [1.807, 2.05) is 30.3 Å². The minimum atomic E-state index is -4.43. The maximum absolute atomic E-state index is 13.2. The number of nitrogens with one attached hydrogen (secondary N) is 1. The first-order chi connectivity index (χ1) is 13.5. The Morgan fingerprint density at radius 1 is 1.04 bits per heavy atom. The van der Waals surface area contributed by atoms with E-state index < -0.39 is 11.1 Å². The van der Waals surface area contributed by atoms with E-state index in [1.165, 1.54) is 18.6 Å². The smallest absolute Gasteiger partial charge is 0.369 e. The summed E-state index contributed by atoms with van der Waals surface area (Å²) in [6.07, 6.45) is 0.755. The summed E-state index contributed by atoms with van der Waals surface area (Å²) in [6, 6.07) is 10.9. The summed E-state index contributed by atoms with van der Waals surface area (Å²) in [7, 11) is 0. The van der Waals surface area contributed by atoms with Gasteiger partial charge in [-0.2, -0.15) is 13.2 Å². The van der Waals surface area contributed by atoms with Gasteiger partial charge in [0.15, 0.2) is 5.82 Å². The number of halogens is 3. The molecule has 0 spiro atoms. The Morgan fingerprint density at radius 2 is 1.86 bits per heavy atom. The molecule has 4 aromatic rings. The molecule has 0 bridgehead atoms. The maximum Gasteiger partial charge on any atom is 0.425 e. The van der Waals surface area contributed by atoms with Gasteiger partial charge in [0.05, 0.1) is 11.6 Å². The lowest BCUT2D eigenvalue weighted by Crippen LogP contribution is -2.08. The van der Waals surface area contributed by atoms with Crippen molar-refractivity contribution in [2.24, 2.45) is 0 Å². The zero-order valence-electron chi connectivity index (χ0n) is 14.4. The Hall–Kier alpha value is -3.07. The number of alkyl halides is 3. The molecular formula is C19H14F3N5S. The normalized spacial score (nSPS) is 11.7. The fraction of sp³-hybridized carbons (Fsp3) is 0.158. The monoisotopic (exact) mass is 401 g/mol. The van der Waals surface area contributed by atoms with Gasteiger partial charge in [-0.05, 0) is 18.1 Å². The lowest BCUT2D eigenvalue weighted by molar-refractivity contribution is -0.134. The molecule has 1 aromatic carbocycles. The van der Waals surface area contributed by atoms with Crippen molar-refractivity contribution < 1.29 is 13.2 Å². The summed E-state index contributed by atoms with van der Waals surface area (Å²) in [4.78, 5) is 16.4. The Bertz CT molecular complexity index is 1080. The average Bonchev–Trinajstić information content (AvgIpc) is 3.14. The highest BCUT2D eigenvalue weighted by Crippen LogP contribution is 2.39. The molecule has 0 radical (unpaired) electrons. The summed E-state index contributed by atoms with van der Waals surface area (Å²) >= 11 is 0.593. The molecule has 0 saturated heterocycles. The first-order valence-corrected chi connectivity index (χ1v) is 9.25. The van der Waals surface area contributed by atoms with Crippen LogP contribution >= 0.6 is 11.3 Å². The van der Waals surface area contributed by atoms with E-state index in [2.05, 4.69) is 25.3 Å². The van der Waals surface area contributed by atoms with E-state index in [4.69, 9.17) is 0 Å². The van der Waals surface area contributed by atoms with E-state index in [-0.39, 0.29) is 10.7 Å². The van der Waals surface area contributed by atoms with Gasteiger partial charge in [0.2, 0.25) is 0 Å². The van der Waals surface area contributed by atoms with Gasteiger partial charge in [0, 0.05) is 18.9 Å². The van der Waals surface area contributed by atoms with Crippen LogP contribution in [0.25, 0.3) is 21.7 Å². The molecule has 142 valence electrons. The van der Waals surface area contributed by atoms with Crippen molar-refractivity contribution in [1.29, 1.82) is 0 Å². The zero-order chi connectivity index (χ0) is 19.6. The molecule has 0 fully saturated rings. The number of rotatable bonds is 5. The molecule has 0 saturated carbocycles. The van der Waals surface area contributed by atoms with Gasteiger partial charge >= 0.3 is 6.18 Å². The third-order valence-electron chi connectivity index (χ3n) is 4.01. The molecule has 0 aliphatic rings. The summed E-state index contributed by atoms with van der Waals surface area (Å²) in [5.41, 5.74) is 1.52. The SMILES string of the molecule is FC(F)(F)c1cc2c(NCCc3ccccc3)nc(-c3cnccn3)nc2s1. The maximum atomic E-state index is 13.2. The van der Waals surface area contributed by atoms with Crippen LogP contribution in [-0.4, -0.2) is 26.5 Å². The van der Waals surface area contributed by atoms with Gasteiger partial charge in [-0.3, -0.25) is 4.98 Å². The van der Waals surface area contributed by atoms with E-state index in [0.717, 1.165) is 11.6 Å². The molecule has 0 amide bonds. The summed E-state index contributed by atoms with van der Waals surface area (Å²) in [6.45, 7) is 0.521. The molecule has 3 aromatic heterocycles. The fourth-order valence-corrected chi connectivity index (χ4v) is 3.59. The van der Waals surface area contributed by atoms with Crippen LogP contribution in [0.1, 0.15) is 10.4 Å². The largest absolute Gasteiger partial charge is 0.425 e. The minimum absolute atomic E-state index is 0.235. The van der Waals surface area contributed by atoms with Gasteiger partial charge in [0.25, 0.3) is 0 Å². The van der Waals surface area contributed by atoms with Gasteiger partial charge < -0.3 is 5.32 Å². The number of hydrogen-bond acceptors (Lipinski definition) is 6. The Balaban J connectivity index is 1.70. The lowest BCUT2D eigenvalue weighted by Gasteiger charge is -2.08. The van der Waals surface area contributed by atoms with Crippen LogP contribution in [0.3, 0.4) is 0 Å². The number of fused-ring (bicyclic) bond motifs is 1. The highest BCUT2D eigenvalue weighted by molar-refractivity contribution is 7.18. The second-order valence-electron chi connectivity index (χ2n) is 5.98. The molecule has 4 rings (SSSR count). The summed E-state index contributed by atoms with van der Waals surface area (Å²) in [5, 5.41) is 3.50. The highest BCUT2D eigenvalue weighted by Gasteiger charge is 2.33. The minimum Gasteiger partial charge on any atom is -0.369 e. The predicted molar refractivity (Wildman–Crippen MR) is 102 cm³/mol. The lowest BCUT2D eigenvalue weighted by atomic mass is 10.1. The Morgan fingerprint density at radius 3 is 2.57 bits per heavy atom. The van der Waals surface area contributed by atoms with Crippen molar-refractivity contribution in [1.82, 2.24) is 19.9 Å². The molecule has 9 heteroatoms. The van der Waals surface area contributed by atoms with E-state index >= 15 is 0 Å². The van der Waals surface area contributed by atoms with Crippen LogP contribution in [-0.2, 0) is 12.6 Å². The number of benzene rings is 1. The topological polar surface area (TPSA) is 63.6 Å².